The molecule has 0 bridgehead atoms. The zero-order chi connectivity index (χ0) is 22.5. The second kappa shape index (κ2) is 7.62. The predicted molar refractivity (Wildman–Crippen MR) is 128 cm³/mol. The number of aromatic amines is 1. The van der Waals surface area contributed by atoms with Crippen molar-refractivity contribution in [2.75, 3.05) is 6.54 Å². The summed E-state index contributed by atoms with van der Waals surface area (Å²) >= 11 is 0. The average Bonchev–Trinajstić information content (AvgIpc) is 3.21. The zero-order valence-corrected chi connectivity index (χ0v) is 18.5. The molecule has 2 amide bonds. The van der Waals surface area contributed by atoms with Crippen LogP contribution in [0, 0.1) is 6.92 Å². The quantitative estimate of drug-likeness (QED) is 0.520. The van der Waals surface area contributed by atoms with Crippen LogP contribution >= 0.6 is 0 Å². The van der Waals surface area contributed by atoms with Crippen LogP contribution in [-0.4, -0.2) is 39.2 Å². The Morgan fingerprint density at radius 2 is 1.64 bits per heavy atom. The first kappa shape index (κ1) is 19.8. The van der Waals surface area contributed by atoms with Gasteiger partial charge in [-0.05, 0) is 29.7 Å². The van der Waals surface area contributed by atoms with Gasteiger partial charge in [0.15, 0.2) is 0 Å². The van der Waals surface area contributed by atoms with E-state index in [0.717, 1.165) is 33.3 Å². The molecule has 0 radical (unpaired) electrons. The van der Waals surface area contributed by atoms with Crippen LogP contribution in [0.25, 0.3) is 10.9 Å². The lowest BCUT2D eigenvalue weighted by atomic mass is 9.86. The van der Waals surface area contributed by atoms with Crippen molar-refractivity contribution in [2.24, 2.45) is 0 Å². The molecule has 3 heterocycles. The molecule has 5 heteroatoms. The van der Waals surface area contributed by atoms with Gasteiger partial charge in [-0.3, -0.25) is 9.59 Å². The van der Waals surface area contributed by atoms with Crippen molar-refractivity contribution in [3.8, 4) is 0 Å². The van der Waals surface area contributed by atoms with Crippen LogP contribution < -0.4 is 0 Å². The van der Waals surface area contributed by atoms with Crippen LogP contribution in [-0.2, 0) is 22.6 Å². The number of piperazine rings is 1. The number of H-pyrrole nitrogens is 1. The van der Waals surface area contributed by atoms with E-state index in [2.05, 4.69) is 17.1 Å². The smallest absolute Gasteiger partial charge is 0.246 e. The second-order valence-corrected chi connectivity index (χ2v) is 9.08. The maximum Gasteiger partial charge on any atom is 0.246 e. The molecule has 1 N–H and O–H groups in total. The minimum atomic E-state index is -0.506. The van der Waals surface area contributed by atoms with Gasteiger partial charge in [0.25, 0.3) is 0 Å². The SMILES string of the molecule is Cc1ccc(CN2CC(=O)N3[C@@H](c4ccccc4)c4[nH]c5ccccc5c4C[C@H]3C2=O)cc1. The van der Waals surface area contributed by atoms with Gasteiger partial charge in [-0.15, -0.1) is 0 Å². The van der Waals surface area contributed by atoms with Crippen molar-refractivity contribution in [3.05, 3.63) is 107 Å². The Kier molecular flexibility index (Phi) is 4.57. The van der Waals surface area contributed by atoms with Gasteiger partial charge in [0.05, 0.1) is 6.04 Å². The Morgan fingerprint density at radius 1 is 0.909 bits per heavy atom. The maximum absolute atomic E-state index is 13.7. The van der Waals surface area contributed by atoms with Crippen LogP contribution in [0.2, 0.25) is 0 Å². The number of benzene rings is 3. The summed E-state index contributed by atoms with van der Waals surface area (Å²) in [6.45, 7) is 2.59. The van der Waals surface area contributed by atoms with E-state index in [4.69, 9.17) is 0 Å². The predicted octanol–water partition coefficient (Wildman–Crippen LogP) is 4.36. The molecule has 0 unspecified atom stereocenters. The Bertz CT molecular complexity index is 1360. The van der Waals surface area contributed by atoms with E-state index >= 15 is 0 Å². The van der Waals surface area contributed by atoms with E-state index in [1.807, 2.05) is 78.6 Å². The molecule has 0 aliphatic carbocycles. The molecule has 0 saturated carbocycles. The molecule has 1 aromatic heterocycles. The maximum atomic E-state index is 13.7. The van der Waals surface area contributed by atoms with Gasteiger partial charge in [0, 0.05) is 29.6 Å². The number of nitrogens with one attached hydrogen (secondary N) is 1. The molecule has 4 aromatic rings. The molecule has 1 saturated heterocycles. The van der Waals surface area contributed by atoms with Gasteiger partial charge in [-0.25, -0.2) is 0 Å². The van der Waals surface area contributed by atoms with Crippen LogP contribution in [0.15, 0.2) is 78.9 Å². The standard InChI is InChI=1S/C28H25N3O2/c1-18-11-13-19(14-12-18)16-30-17-25(32)31-24(28(30)33)15-22-21-9-5-6-10-23(21)29-26(22)27(31)20-7-3-2-4-8-20/h2-14,24,27,29H,15-17H2,1H3/t24-,27-/m0/s1. The Morgan fingerprint density at radius 3 is 2.42 bits per heavy atom. The third-order valence-electron chi connectivity index (χ3n) is 6.95. The van der Waals surface area contributed by atoms with Crippen molar-refractivity contribution in [1.82, 2.24) is 14.8 Å². The minimum Gasteiger partial charge on any atom is -0.356 e. The summed E-state index contributed by atoms with van der Waals surface area (Å²) in [6, 6.07) is 25.6. The van der Waals surface area contributed by atoms with Gasteiger partial charge in [0.2, 0.25) is 11.8 Å². The molecular weight excluding hydrogens is 410 g/mol. The minimum absolute atomic E-state index is 0.00938. The van der Waals surface area contributed by atoms with E-state index in [1.165, 1.54) is 5.56 Å². The molecule has 2 aliphatic heterocycles. The Labute approximate surface area is 192 Å². The number of para-hydroxylation sites is 1. The number of aromatic nitrogens is 1. The van der Waals surface area contributed by atoms with Crippen LogP contribution in [0.1, 0.15) is 34.0 Å². The fourth-order valence-corrected chi connectivity index (χ4v) is 5.35. The molecular formula is C28H25N3O2. The molecule has 3 aromatic carbocycles. The number of carbonyl (C=O) groups excluding carboxylic acids is 2. The highest BCUT2D eigenvalue weighted by molar-refractivity contribution is 5.97. The highest BCUT2D eigenvalue weighted by Gasteiger charge is 2.48. The summed E-state index contributed by atoms with van der Waals surface area (Å²) in [4.78, 5) is 34.4. The lowest BCUT2D eigenvalue weighted by Crippen LogP contribution is -2.62. The first-order valence-electron chi connectivity index (χ1n) is 11.4. The van der Waals surface area contributed by atoms with Crippen molar-refractivity contribution < 1.29 is 9.59 Å². The van der Waals surface area contributed by atoms with E-state index < -0.39 is 6.04 Å². The lowest BCUT2D eigenvalue weighted by molar-refractivity contribution is -0.159. The number of fused-ring (bicyclic) bond motifs is 4. The summed E-state index contributed by atoms with van der Waals surface area (Å²) < 4.78 is 0. The second-order valence-electron chi connectivity index (χ2n) is 9.08. The van der Waals surface area contributed by atoms with Crippen LogP contribution in [0.4, 0.5) is 0 Å². The molecule has 1 fully saturated rings. The van der Waals surface area contributed by atoms with E-state index in [1.54, 1.807) is 4.90 Å². The molecule has 33 heavy (non-hydrogen) atoms. The zero-order valence-electron chi connectivity index (χ0n) is 18.5. The normalized spacial score (nSPS) is 20.2. The number of amides is 2. The van der Waals surface area contributed by atoms with Crippen molar-refractivity contribution >= 4 is 22.7 Å². The van der Waals surface area contributed by atoms with Gasteiger partial charge in [-0.1, -0.05) is 78.4 Å². The van der Waals surface area contributed by atoms with E-state index in [-0.39, 0.29) is 24.4 Å². The fraction of sp³-hybridized carbons (Fsp3) is 0.214. The first-order valence-corrected chi connectivity index (χ1v) is 11.4. The third-order valence-corrected chi connectivity index (χ3v) is 6.95. The van der Waals surface area contributed by atoms with Crippen molar-refractivity contribution in [1.29, 1.82) is 0 Å². The third kappa shape index (κ3) is 3.23. The molecule has 164 valence electrons. The monoisotopic (exact) mass is 435 g/mol. The number of hydrogen-bond acceptors (Lipinski definition) is 2. The first-order chi connectivity index (χ1) is 16.1. The summed E-state index contributed by atoms with van der Waals surface area (Å²) in [5.74, 6) is 0.0110. The molecule has 0 spiro atoms. The topological polar surface area (TPSA) is 56.4 Å². The van der Waals surface area contributed by atoms with Gasteiger partial charge < -0.3 is 14.8 Å². The van der Waals surface area contributed by atoms with Crippen molar-refractivity contribution in [3.63, 3.8) is 0 Å². The number of carbonyl (C=O) groups is 2. The van der Waals surface area contributed by atoms with Gasteiger partial charge in [-0.2, -0.15) is 0 Å². The van der Waals surface area contributed by atoms with Crippen molar-refractivity contribution in [2.45, 2.75) is 32.0 Å². The number of nitrogens with zero attached hydrogens (tertiary/aromatic N) is 2. The van der Waals surface area contributed by atoms with E-state index in [0.29, 0.717) is 13.0 Å². The van der Waals surface area contributed by atoms with Gasteiger partial charge >= 0.3 is 0 Å². The lowest BCUT2D eigenvalue weighted by Gasteiger charge is -2.47. The largest absolute Gasteiger partial charge is 0.356 e. The summed E-state index contributed by atoms with van der Waals surface area (Å²) in [6.07, 6.45) is 0.525. The molecule has 6 rings (SSSR count). The van der Waals surface area contributed by atoms with Gasteiger partial charge in [0.1, 0.15) is 12.6 Å². The van der Waals surface area contributed by atoms with Crippen LogP contribution in [0.3, 0.4) is 0 Å². The highest BCUT2D eigenvalue weighted by atomic mass is 16.2. The number of aryl methyl sites for hydroxylation is 1. The molecule has 5 nitrogen and oxygen atoms in total. The molecule has 2 aliphatic rings. The highest BCUT2D eigenvalue weighted by Crippen LogP contribution is 2.42. The van der Waals surface area contributed by atoms with Crippen LogP contribution in [0.5, 0.6) is 0 Å². The molecule has 2 atom stereocenters. The Hall–Kier alpha value is -3.86. The average molecular weight is 436 g/mol. The fourth-order valence-electron chi connectivity index (χ4n) is 5.35. The Balaban J connectivity index is 1.44. The van der Waals surface area contributed by atoms with E-state index in [9.17, 15) is 9.59 Å². The summed E-state index contributed by atoms with van der Waals surface area (Å²) in [5.41, 5.74) is 6.43. The summed E-state index contributed by atoms with van der Waals surface area (Å²) in [5, 5.41) is 1.13. The number of hydrogen-bond donors (Lipinski definition) is 1. The summed E-state index contributed by atoms with van der Waals surface area (Å²) in [7, 11) is 0. The number of rotatable bonds is 3.